The second kappa shape index (κ2) is 7.35. The molecule has 0 spiro atoms. The van der Waals surface area contributed by atoms with E-state index in [2.05, 4.69) is 4.90 Å². The SMILES string of the molecule is Cc1cc2oc3c(c(=O)c2cc1Cl)C(c1cccs1)N(CCCN(C)C)C3=O. The predicted octanol–water partition coefficient (Wildman–Crippen LogP) is 4.31. The van der Waals surface area contributed by atoms with Crippen molar-refractivity contribution in [2.24, 2.45) is 0 Å². The van der Waals surface area contributed by atoms with Crippen molar-refractivity contribution in [1.29, 1.82) is 0 Å². The first-order chi connectivity index (χ1) is 13.4. The molecule has 0 saturated heterocycles. The molecule has 1 unspecified atom stereocenters. The lowest BCUT2D eigenvalue weighted by Gasteiger charge is -2.24. The summed E-state index contributed by atoms with van der Waals surface area (Å²) in [5.74, 6) is -0.0683. The Morgan fingerprint density at radius 2 is 2.07 bits per heavy atom. The van der Waals surface area contributed by atoms with Gasteiger partial charge in [-0.15, -0.1) is 11.3 Å². The van der Waals surface area contributed by atoms with Gasteiger partial charge >= 0.3 is 0 Å². The monoisotopic (exact) mass is 416 g/mol. The Kier molecular flexibility index (Phi) is 5.04. The topological polar surface area (TPSA) is 53.8 Å². The summed E-state index contributed by atoms with van der Waals surface area (Å²) in [4.78, 5) is 31.3. The summed E-state index contributed by atoms with van der Waals surface area (Å²) in [6, 6.07) is 6.85. The van der Waals surface area contributed by atoms with Crippen LogP contribution in [0.25, 0.3) is 11.0 Å². The molecule has 1 aliphatic heterocycles. The number of halogens is 1. The number of nitrogens with zero attached hydrogens (tertiary/aromatic N) is 2. The molecule has 0 bridgehead atoms. The van der Waals surface area contributed by atoms with E-state index < -0.39 is 6.04 Å². The van der Waals surface area contributed by atoms with Gasteiger partial charge in [-0.2, -0.15) is 0 Å². The Morgan fingerprint density at radius 3 is 2.75 bits per heavy atom. The second-order valence-corrected chi connectivity index (χ2v) is 8.73. The van der Waals surface area contributed by atoms with Crippen LogP contribution < -0.4 is 5.43 Å². The third-order valence-electron chi connectivity index (χ3n) is 5.06. The first-order valence-corrected chi connectivity index (χ1v) is 10.4. The molecule has 2 aromatic heterocycles. The van der Waals surface area contributed by atoms with Crippen molar-refractivity contribution in [3.63, 3.8) is 0 Å². The highest BCUT2D eigenvalue weighted by atomic mass is 35.5. The number of fused-ring (bicyclic) bond motifs is 2. The Bertz CT molecular complexity index is 1110. The van der Waals surface area contributed by atoms with Gasteiger partial charge in [-0.1, -0.05) is 17.7 Å². The molecular weight excluding hydrogens is 396 g/mol. The van der Waals surface area contributed by atoms with Gasteiger partial charge in [0, 0.05) is 16.4 Å². The molecule has 5 nitrogen and oxygen atoms in total. The van der Waals surface area contributed by atoms with E-state index in [0.29, 0.717) is 28.1 Å². The minimum absolute atomic E-state index is 0.155. The molecule has 1 amide bonds. The number of hydrogen-bond donors (Lipinski definition) is 0. The van der Waals surface area contributed by atoms with Crippen molar-refractivity contribution in [1.82, 2.24) is 9.80 Å². The molecule has 3 heterocycles. The van der Waals surface area contributed by atoms with Crippen LogP contribution in [-0.2, 0) is 0 Å². The van der Waals surface area contributed by atoms with Gasteiger partial charge < -0.3 is 14.2 Å². The van der Waals surface area contributed by atoms with E-state index in [-0.39, 0.29) is 17.1 Å². The van der Waals surface area contributed by atoms with Gasteiger partial charge in [-0.3, -0.25) is 9.59 Å². The van der Waals surface area contributed by atoms with Crippen LogP contribution in [0, 0.1) is 6.92 Å². The van der Waals surface area contributed by atoms with E-state index in [1.807, 2.05) is 38.5 Å². The fourth-order valence-corrected chi connectivity index (χ4v) is 4.68. The third kappa shape index (κ3) is 3.15. The maximum Gasteiger partial charge on any atom is 0.290 e. The average molecular weight is 417 g/mol. The number of aryl methyl sites for hydroxylation is 1. The van der Waals surface area contributed by atoms with Crippen molar-refractivity contribution in [2.75, 3.05) is 27.2 Å². The lowest BCUT2D eigenvalue weighted by Crippen LogP contribution is -2.31. The average Bonchev–Trinajstić information content (AvgIpc) is 3.25. The Labute approximate surface area is 172 Å². The fraction of sp³-hybridized carbons (Fsp3) is 0.333. The van der Waals surface area contributed by atoms with E-state index >= 15 is 0 Å². The summed E-state index contributed by atoms with van der Waals surface area (Å²) in [7, 11) is 4.00. The molecule has 0 saturated carbocycles. The minimum atomic E-state index is -0.412. The summed E-state index contributed by atoms with van der Waals surface area (Å²) < 4.78 is 5.96. The number of hydrogen-bond acceptors (Lipinski definition) is 5. The van der Waals surface area contributed by atoms with Crippen molar-refractivity contribution in [3.8, 4) is 0 Å². The van der Waals surface area contributed by atoms with E-state index in [9.17, 15) is 9.59 Å². The van der Waals surface area contributed by atoms with E-state index in [0.717, 1.165) is 23.4 Å². The van der Waals surface area contributed by atoms with Crippen LogP contribution in [0.15, 0.2) is 38.9 Å². The van der Waals surface area contributed by atoms with Crippen LogP contribution in [0.2, 0.25) is 5.02 Å². The van der Waals surface area contributed by atoms with Crippen molar-refractivity contribution in [2.45, 2.75) is 19.4 Å². The summed E-state index contributed by atoms with van der Waals surface area (Å²) in [5, 5.41) is 2.89. The van der Waals surface area contributed by atoms with Gasteiger partial charge in [-0.25, -0.2) is 0 Å². The second-order valence-electron chi connectivity index (χ2n) is 7.34. The molecule has 7 heteroatoms. The molecule has 28 heavy (non-hydrogen) atoms. The molecule has 0 radical (unpaired) electrons. The molecule has 4 rings (SSSR count). The van der Waals surface area contributed by atoms with Crippen molar-refractivity contribution < 1.29 is 9.21 Å². The highest BCUT2D eigenvalue weighted by molar-refractivity contribution is 7.10. The van der Waals surface area contributed by atoms with Crippen molar-refractivity contribution in [3.05, 3.63) is 66.7 Å². The lowest BCUT2D eigenvalue weighted by molar-refractivity contribution is 0.0724. The van der Waals surface area contributed by atoms with Crippen LogP contribution in [0.1, 0.15) is 39.0 Å². The summed E-state index contributed by atoms with van der Waals surface area (Å²) in [5.41, 5.74) is 1.45. The Morgan fingerprint density at radius 1 is 1.29 bits per heavy atom. The summed E-state index contributed by atoms with van der Waals surface area (Å²) >= 11 is 7.78. The smallest absolute Gasteiger partial charge is 0.290 e. The standard InChI is InChI=1S/C21H21ClN2O3S/c1-12-10-15-13(11-14(12)22)19(25)17-18(16-6-4-9-28-16)24(8-5-7-23(2)3)21(26)20(17)27-15/h4,6,9-11,18H,5,7-8H2,1-3H3. The Balaban J connectivity index is 1.88. The van der Waals surface area contributed by atoms with E-state index in [4.69, 9.17) is 16.0 Å². The first-order valence-electron chi connectivity index (χ1n) is 9.14. The van der Waals surface area contributed by atoms with E-state index in [1.165, 1.54) is 11.3 Å². The number of amides is 1. The van der Waals surface area contributed by atoms with Gasteiger partial charge in [0.1, 0.15) is 5.58 Å². The van der Waals surface area contributed by atoms with Crippen LogP contribution in [-0.4, -0.2) is 42.9 Å². The van der Waals surface area contributed by atoms with Gasteiger partial charge in [0.25, 0.3) is 5.91 Å². The maximum atomic E-state index is 13.4. The van der Waals surface area contributed by atoms with Crippen LogP contribution >= 0.6 is 22.9 Å². The molecular formula is C21H21ClN2O3S. The molecule has 1 aliphatic rings. The molecule has 0 fully saturated rings. The van der Waals surface area contributed by atoms with Crippen LogP contribution in [0.3, 0.4) is 0 Å². The van der Waals surface area contributed by atoms with Gasteiger partial charge in [0.05, 0.1) is 17.0 Å². The normalized spacial score (nSPS) is 16.4. The van der Waals surface area contributed by atoms with Crippen LogP contribution in [0.4, 0.5) is 0 Å². The largest absolute Gasteiger partial charge is 0.450 e. The molecule has 146 valence electrons. The maximum absolute atomic E-state index is 13.4. The summed E-state index contributed by atoms with van der Waals surface area (Å²) in [6.07, 6.45) is 0.813. The highest BCUT2D eigenvalue weighted by Crippen LogP contribution is 2.40. The lowest BCUT2D eigenvalue weighted by atomic mass is 10.0. The number of benzene rings is 1. The number of rotatable bonds is 5. The molecule has 1 aromatic carbocycles. The Hall–Kier alpha value is -2.15. The zero-order chi connectivity index (χ0) is 20.0. The molecule has 3 aromatic rings. The zero-order valence-electron chi connectivity index (χ0n) is 16.0. The minimum Gasteiger partial charge on any atom is -0.450 e. The van der Waals surface area contributed by atoms with E-state index in [1.54, 1.807) is 17.0 Å². The number of carbonyl (C=O) groups is 1. The molecule has 1 atom stereocenters. The first kappa shape index (κ1) is 19.2. The fourth-order valence-electron chi connectivity index (χ4n) is 3.67. The van der Waals surface area contributed by atoms with Gasteiger partial charge in [0.2, 0.25) is 5.76 Å². The van der Waals surface area contributed by atoms with Gasteiger partial charge in [0.15, 0.2) is 5.43 Å². The summed E-state index contributed by atoms with van der Waals surface area (Å²) in [6.45, 7) is 3.26. The van der Waals surface area contributed by atoms with Gasteiger partial charge in [-0.05, 0) is 63.1 Å². The molecule has 0 aliphatic carbocycles. The predicted molar refractivity (Wildman–Crippen MR) is 113 cm³/mol. The van der Waals surface area contributed by atoms with Crippen molar-refractivity contribution >= 4 is 39.8 Å². The quantitative estimate of drug-likeness (QED) is 0.621. The third-order valence-corrected chi connectivity index (χ3v) is 6.40. The highest BCUT2D eigenvalue weighted by Gasteiger charge is 2.42. The van der Waals surface area contributed by atoms with Crippen LogP contribution in [0.5, 0.6) is 0 Å². The number of carbonyl (C=O) groups excluding carboxylic acids is 1. The zero-order valence-corrected chi connectivity index (χ0v) is 17.6. The number of thiophene rings is 1. The molecule has 0 N–H and O–H groups in total.